The van der Waals surface area contributed by atoms with Crippen LogP contribution in [0.4, 0.5) is 38.1 Å². The first-order chi connectivity index (χ1) is 21.9. The van der Waals surface area contributed by atoms with Gasteiger partial charge < -0.3 is 14.8 Å². The van der Waals surface area contributed by atoms with Gasteiger partial charge in [0.25, 0.3) is 6.43 Å². The largest absolute Gasteiger partial charge is 0.573 e. The number of hydrogen-bond donors (Lipinski definition) is 1. The summed E-state index contributed by atoms with van der Waals surface area (Å²) in [6, 6.07) is 13.1. The van der Waals surface area contributed by atoms with E-state index in [4.69, 9.17) is 4.74 Å². The van der Waals surface area contributed by atoms with Crippen LogP contribution in [0.5, 0.6) is 5.75 Å². The number of ether oxygens (including phenoxy) is 2. The topological polar surface area (TPSA) is 111 Å². The summed E-state index contributed by atoms with van der Waals surface area (Å²) >= 11 is 1.05. The van der Waals surface area contributed by atoms with E-state index in [2.05, 4.69) is 25.1 Å². The van der Waals surface area contributed by atoms with Gasteiger partial charge in [-0.15, -0.1) is 18.3 Å². The van der Waals surface area contributed by atoms with E-state index in [-0.39, 0.29) is 40.5 Å². The normalized spacial score (nSPS) is 14.4. The first-order valence-electron chi connectivity index (χ1n) is 13.6. The van der Waals surface area contributed by atoms with Crippen molar-refractivity contribution in [1.29, 1.82) is 0 Å². The zero-order valence-corrected chi connectivity index (χ0v) is 25.0. The van der Waals surface area contributed by atoms with Gasteiger partial charge in [-0.3, -0.25) is 9.69 Å². The van der Waals surface area contributed by atoms with Crippen molar-refractivity contribution in [3.8, 4) is 22.8 Å². The number of benzene rings is 3. The summed E-state index contributed by atoms with van der Waals surface area (Å²) in [7, 11) is 0. The van der Waals surface area contributed by atoms with E-state index in [0.717, 1.165) is 41.1 Å². The Morgan fingerprint density at radius 1 is 1.11 bits per heavy atom. The number of amides is 3. The van der Waals surface area contributed by atoms with Gasteiger partial charge in [-0.1, -0.05) is 23.9 Å². The first kappa shape index (κ1) is 32.6. The van der Waals surface area contributed by atoms with Crippen molar-refractivity contribution >= 4 is 40.2 Å². The number of anilines is 2. The maximum absolute atomic E-state index is 14.1. The predicted molar refractivity (Wildman–Crippen MR) is 161 cm³/mol. The van der Waals surface area contributed by atoms with Gasteiger partial charge in [0, 0.05) is 23.3 Å². The van der Waals surface area contributed by atoms with Crippen LogP contribution in [0.1, 0.15) is 30.0 Å². The Bertz CT molecular complexity index is 1780. The zero-order chi connectivity index (χ0) is 33.0. The highest BCUT2D eigenvalue weighted by molar-refractivity contribution is 8.15. The number of aryl methyl sites for hydroxylation is 1. The second-order valence-corrected chi connectivity index (χ2v) is 10.7. The molecule has 4 aromatic rings. The summed E-state index contributed by atoms with van der Waals surface area (Å²) in [4.78, 5) is 35.2. The monoisotopic (exact) mass is 660 g/mol. The molecule has 0 unspecified atom stereocenters. The third-order valence-electron chi connectivity index (χ3n) is 6.52. The number of halogens is 5. The molecule has 16 heteroatoms. The molecule has 1 N–H and O–H groups in total. The third kappa shape index (κ3) is 7.69. The van der Waals surface area contributed by atoms with E-state index < -0.39 is 30.1 Å². The average Bonchev–Trinajstić information content (AvgIpc) is 3.63. The van der Waals surface area contributed by atoms with Gasteiger partial charge in [0.15, 0.2) is 11.0 Å². The van der Waals surface area contributed by atoms with E-state index in [0.29, 0.717) is 18.0 Å². The number of urea groups is 1. The standard InChI is InChI=1S/C30H25F5N6O4S/c1-3-44-14-19-5-4-17(2)12-24(19)41-25(42)15-46-29(41)38-28(43)37-23-11-6-18(13-22(23)26(31)32)27-36-16-40(39-27)20-7-9-21(10-8-20)45-30(33,34)35/h4-13,16,26H,3,14-15H2,1-2H3,(H,37,43)/b38-29-. The fourth-order valence-electron chi connectivity index (χ4n) is 4.44. The van der Waals surface area contributed by atoms with Crippen LogP contribution in [-0.4, -0.2) is 50.6 Å². The van der Waals surface area contributed by atoms with Crippen LogP contribution >= 0.6 is 11.8 Å². The summed E-state index contributed by atoms with van der Waals surface area (Å²) in [5.41, 5.74) is 1.92. The van der Waals surface area contributed by atoms with Gasteiger partial charge in [-0.25, -0.2) is 23.2 Å². The lowest BCUT2D eigenvalue weighted by molar-refractivity contribution is -0.274. The number of rotatable bonds is 9. The molecule has 0 spiro atoms. The minimum absolute atomic E-state index is 0.0379. The van der Waals surface area contributed by atoms with Crippen LogP contribution in [-0.2, 0) is 16.1 Å². The first-order valence-corrected chi connectivity index (χ1v) is 14.6. The third-order valence-corrected chi connectivity index (χ3v) is 7.44. The van der Waals surface area contributed by atoms with E-state index in [9.17, 15) is 31.5 Å². The maximum Gasteiger partial charge on any atom is 0.573 e. The molecule has 46 heavy (non-hydrogen) atoms. The zero-order valence-electron chi connectivity index (χ0n) is 24.2. The lowest BCUT2D eigenvalue weighted by Gasteiger charge is -2.20. The van der Waals surface area contributed by atoms with Gasteiger partial charge in [0.1, 0.15) is 12.1 Å². The summed E-state index contributed by atoms with van der Waals surface area (Å²) < 4.78 is 76.2. The Balaban J connectivity index is 1.35. The molecule has 1 aromatic heterocycles. The van der Waals surface area contributed by atoms with Crippen LogP contribution in [0, 0.1) is 6.92 Å². The molecule has 0 saturated carbocycles. The molecule has 3 aromatic carbocycles. The van der Waals surface area contributed by atoms with Crippen LogP contribution in [0.2, 0.25) is 0 Å². The number of carbonyl (C=O) groups excluding carboxylic acids is 2. The Hall–Kier alpha value is -4.83. The second-order valence-electron chi connectivity index (χ2n) is 9.77. The van der Waals surface area contributed by atoms with Gasteiger partial charge in [0.2, 0.25) is 5.91 Å². The van der Waals surface area contributed by atoms with Crippen molar-refractivity contribution < 1.29 is 41.0 Å². The number of amidine groups is 1. The van der Waals surface area contributed by atoms with E-state index in [1.165, 1.54) is 40.2 Å². The lowest BCUT2D eigenvalue weighted by atomic mass is 10.1. The van der Waals surface area contributed by atoms with Gasteiger partial charge >= 0.3 is 12.4 Å². The average molecular weight is 661 g/mol. The van der Waals surface area contributed by atoms with E-state index in [1.807, 2.05) is 26.0 Å². The molecule has 1 aliphatic rings. The number of hydrogen-bond acceptors (Lipinski definition) is 7. The SMILES string of the molecule is CCOCc1ccc(C)cc1N1C(=O)CS/C1=N\C(=O)Nc1ccc(-c2ncn(-c3ccc(OC(F)(F)F)cc3)n2)cc1C(F)F. The molecule has 5 rings (SSSR count). The molecule has 0 atom stereocenters. The van der Waals surface area contributed by atoms with Crippen molar-refractivity contribution in [3.05, 3.63) is 83.7 Å². The number of nitrogens with zero attached hydrogens (tertiary/aromatic N) is 5. The quantitative estimate of drug-likeness (QED) is 0.188. The summed E-state index contributed by atoms with van der Waals surface area (Å²) in [5.74, 6) is -0.632. The van der Waals surface area contributed by atoms with E-state index >= 15 is 0 Å². The highest BCUT2D eigenvalue weighted by Crippen LogP contribution is 2.33. The molecule has 10 nitrogen and oxygen atoms in total. The molecule has 0 bridgehead atoms. The predicted octanol–water partition coefficient (Wildman–Crippen LogP) is 7.28. The van der Waals surface area contributed by atoms with Crippen molar-refractivity contribution in [1.82, 2.24) is 14.8 Å². The van der Waals surface area contributed by atoms with E-state index in [1.54, 1.807) is 6.07 Å². The summed E-state index contributed by atoms with van der Waals surface area (Å²) in [5, 5.41) is 6.70. The number of nitrogens with one attached hydrogen (secondary N) is 1. The van der Waals surface area contributed by atoms with Crippen LogP contribution in [0.3, 0.4) is 0 Å². The van der Waals surface area contributed by atoms with Crippen molar-refractivity contribution in [3.63, 3.8) is 0 Å². The molecule has 0 aliphatic carbocycles. The van der Waals surface area contributed by atoms with Crippen molar-refractivity contribution in [2.75, 3.05) is 22.6 Å². The maximum atomic E-state index is 14.1. The number of aliphatic imine (C=N–C) groups is 1. The molecular weight excluding hydrogens is 635 g/mol. The van der Waals surface area contributed by atoms with Crippen LogP contribution < -0.4 is 15.0 Å². The number of thioether (sulfide) groups is 1. The highest BCUT2D eigenvalue weighted by Gasteiger charge is 2.33. The molecule has 3 amide bonds. The lowest BCUT2D eigenvalue weighted by Crippen LogP contribution is -2.31. The summed E-state index contributed by atoms with van der Waals surface area (Å²) in [6.45, 7) is 4.39. The summed E-state index contributed by atoms with van der Waals surface area (Å²) in [6.07, 6.45) is -6.57. The molecule has 1 saturated heterocycles. The molecule has 1 fully saturated rings. The van der Waals surface area contributed by atoms with Gasteiger partial charge in [-0.05, 0) is 67.9 Å². The fraction of sp³-hybridized carbons (Fsp3) is 0.233. The smallest absolute Gasteiger partial charge is 0.406 e. The number of alkyl halides is 5. The fourth-order valence-corrected chi connectivity index (χ4v) is 5.30. The number of aromatic nitrogens is 3. The van der Waals surface area contributed by atoms with Gasteiger partial charge in [-0.2, -0.15) is 4.99 Å². The highest BCUT2D eigenvalue weighted by atomic mass is 32.2. The van der Waals surface area contributed by atoms with Crippen LogP contribution in [0.25, 0.3) is 17.1 Å². The molecular formula is C30H25F5N6O4S. The Labute approximate surface area is 263 Å². The van der Waals surface area contributed by atoms with Gasteiger partial charge in [0.05, 0.1) is 29.4 Å². The van der Waals surface area contributed by atoms with Crippen molar-refractivity contribution in [2.24, 2.45) is 4.99 Å². The molecule has 1 aliphatic heterocycles. The Morgan fingerprint density at radius 3 is 2.57 bits per heavy atom. The number of carbonyl (C=O) groups is 2. The second kappa shape index (κ2) is 13.7. The molecule has 240 valence electrons. The molecule has 2 heterocycles. The molecule has 0 radical (unpaired) electrons. The minimum atomic E-state index is -4.84. The van der Waals surface area contributed by atoms with Crippen LogP contribution in [0.15, 0.2) is 72.0 Å². The Morgan fingerprint density at radius 2 is 1.87 bits per heavy atom. The van der Waals surface area contributed by atoms with Crippen molar-refractivity contribution in [2.45, 2.75) is 33.2 Å². The Kier molecular flexibility index (Phi) is 9.67. The minimum Gasteiger partial charge on any atom is -0.406 e.